The Kier molecular flexibility index (Phi) is 4.11. The van der Waals surface area contributed by atoms with E-state index in [2.05, 4.69) is 11.2 Å². The topological polar surface area (TPSA) is 38.3 Å². The first-order valence-corrected chi connectivity index (χ1v) is 6.62. The van der Waals surface area contributed by atoms with Gasteiger partial charge in [-0.1, -0.05) is 31.8 Å². The van der Waals surface area contributed by atoms with E-state index in [4.69, 9.17) is 11.2 Å². The summed E-state index contributed by atoms with van der Waals surface area (Å²) in [6.45, 7) is 2.27. The van der Waals surface area contributed by atoms with Gasteiger partial charge >= 0.3 is 0 Å². The molecule has 0 spiro atoms. The third kappa shape index (κ3) is 3.29. The number of anilines is 1. The monoisotopic (exact) mass is 257 g/mol. The maximum atomic E-state index is 12.3. The first-order chi connectivity index (χ1) is 9.14. The van der Waals surface area contributed by atoms with E-state index in [0.29, 0.717) is 5.75 Å². The molecule has 0 aromatic heterocycles. The van der Waals surface area contributed by atoms with Gasteiger partial charge in [-0.05, 0) is 25.0 Å². The molecule has 0 aliphatic heterocycles. The minimum Gasteiger partial charge on any atom is -0.481 e. The second-order valence-electron chi connectivity index (χ2n) is 5.24. The predicted octanol–water partition coefficient (Wildman–Crippen LogP) is 3.22. The molecule has 3 heteroatoms. The van der Waals surface area contributed by atoms with Crippen molar-refractivity contribution in [2.45, 2.75) is 32.6 Å². The molecule has 1 aliphatic rings. The van der Waals surface area contributed by atoms with Crippen molar-refractivity contribution >= 4 is 11.6 Å². The molecule has 2 rings (SSSR count). The lowest BCUT2D eigenvalue weighted by molar-refractivity contribution is -0.124. The van der Waals surface area contributed by atoms with E-state index in [1.807, 2.05) is 25.1 Å². The number of carbonyl (C=O) groups is 1. The number of carbonyl (C=O) groups excluding carboxylic acids is 1. The number of benzene rings is 1. The lowest BCUT2D eigenvalue weighted by atomic mass is 9.88. The average molecular weight is 257 g/mol. The Morgan fingerprint density at radius 2 is 2.21 bits per heavy atom. The number of hydrogen-bond donors (Lipinski definition) is 1. The molecule has 1 saturated carbocycles. The van der Waals surface area contributed by atoms with Gasteiger partial charge in [-0.25, -0.2) is 0 Å². The summed E-state index contributed by atoms with van der Waals surface area (Å²) < 4.78 is 5.34. The summed E-state index contributed by atoms with van der Waals surface area (Å²) in [6.07, 6.45) is 9.35. The van der Waals surface area contributed by atoms with Crippen molar-refractivity contribution < 1.29 is 9.53 Å². The number of hydrogen-bond acceptors (Lipinski definition) is 2. The zero-order valence-corrected chi connectivity index (χ0v) is 11.2. The fourth-order valence-corrected chi connectivity index (χ4v) is 2.45. The van der Waals surface area contributed by atoms with Crippen molar-refractivity contribution in [1.29, 1.82) is 0 Å². The van der Waals surface area contributed by atoms with Crippen LogP contribution in [-0.4, -0.2) is 12.5 Å². The van der Waals surface area contributed by atoms with Crippen LogP contribution in [0.2, 0.25) is 0 Å². The van der Waals surface area contributed by atoms with E-state index < -0.39 is 0 Å². The van der Waals surface area contributed by atoms with E-state index in [1.54, 1.807) is 6.07 Å². The first-order valence-electron chi connectivity index (χ1n) is 6.62. The maximum absolute atomic E-state index is 12.3. The lowest BCUT2D eigenvalue weighted by Crippen LogP contribution is -2.30. The second-order valence-corrected chi connectivity index (χ2v) is 5.24. The van der Waals surface area contributed by atoms with Gasteiger partial charge in [0.05, 0.1) is 0 Å². The molecule has 1 aromatic rings. The molecule has 0 heterocycles. The van der Waals surface area contributed by atoms with E-state index in [0.717, 1.165) is 31.4 Å². The number of amides is 1. The highest BCUT2D eigenvalue weighted by atomic mass is 16.5. The second kappa shape index (κ2) is 5.79. The highest BCUT2D eigenvalue weighted by Gasteiger charge is 2.36. The average Bonchev–Trinajstić information content (AvgIpc) is 2.85. The molecule has 1 amide bonds. The minimum absolute atomic E-state index is 0.0964. The van der Waals surface area contributed by atoms with Gasteiger partial charge in [0.15, 0.2) is 0 Å². The van der Waals surface area contributed by atoms with Gasteiger partial charge in [-0.3, -0.25) is 4.79 Å². The molecular weight excluding hydrogens is 238 g/mol. The smallest absolute Gasteiger partial charge is 0.230 e. The van der Waals surface area contributed by atoms with Crippen molar-refractivity contribution in [3.05, 3.63) is 24.3 Å². The van der Waals surface area contributed by atoms with Crippen molar-refractivity contribution in [2.75, 3.05) is 11.9 Å². The Morgan fingerprint density at radius 1 is 1.47 bits per heavy atom. The van der Waals surface area contributed by atoms with Crippen LogP contribution in [0.15, 0.2) is 24.3 Å². The van der Waals surface area contributed by atoms with E-state index in [1.165, 1.54) is 0 Å². The summed E-state index contributed by atoms with van der Waals surface area (Å²) in [7, 11) is 0. The minimum atomic E-state index is -0.227. The van der Waals surface area contributed by atoms with Gasteiger partial charge < -0.3 is 10.1 Å². The number of ether oxygens (including phenoxy) is 1. The van der Waals surface area contributed by atoms with Crippen molar-refractivity contribution in [3.63, 3.8) is 0 Å². The molecule has 100 valence electrons. The molecule has 0 unspecified atom stereocenters. The molecule has 19 heavy (non-hydrogen) atoms. The lowest BCUT2D eigenvalue weighted by Gasteiger charge is -2.22. The van der Waals surface area contributed by atoms with Crippen LogP contribution in [0.5, 0.6) is 5.75 Å². The SMILES string of the molecule is C#CCOc1cccc(NC(=O)C2(C)CCCC2)c1. The summed E-state index contributed by atoms with van der Waals surface area (Å²) >= 11 is 0. The predicted molar refractivity (Wildman–Crippen MR) is 76.0 cm³/mol. The Morgan fingerprint density at radius 3 is 2.89 bits per heavy atom. The number of rotatable bonds is 4. The third-order valence-corrected chi connectivity index (χ3v) is 3.67. The normalized spacial score (nSPS) is 16.6. The van der Waals surface area contributed by atoms with Crippen LogP contribution in [0.25, 0.3) is 0 Å². The molecule has 3 nitrogen and oxygen atoms in total. The number of nitrogens with one attached hydrogen (secondary N) is 1. The molecule has 1 N–H and O–H groups in total. The summed E-state index contributed by atoms with van der Waals surface area (Å²) in [6, 6.07) is 7.33. The quantitative estimate of drug-likeness (QED) is 0.841. The van der Waals surface area contributed by atoms with Crippen molar-refractivity contribution in [2.24, 2.45) is 5.41 Å². The van der Waals surface area contributed by atoms with Crippen LogP contribution < -0.4 is 10.1 Å². The van der Waals surface area contributed by atoms with Crippen LogP contribution in [0.4, 0.5) is 5.69 Å². The zero-order chi connectivity index (χ0) is 13.7. The summed E-state index contributed by atoms with van der Waals surface area (Å²) in [5, 5.41) is 2.97. The van der Waals surface area contributed by atoms with Crippen LogP contribution in [0, 0.1) is 17.8 Å². The Hall–Kier alpha value is -1.95. The molecule has 0 atom stereocenters. The van der Waals surface area contributed by atoms with Crippen LogP contribution in [0.3, 0.4) is 0 Å². The maximum Gasteiger partial charge on any atom is 0.230 e. The Labute approximate surface area is 114 Å². The highest BCUT2D eigenvalue weighted by Crippen LogP contribution is 2.38. The molecule has 1 aliphatic carbocycles. The highest BCUT2D eigenvalue weighted by molar-refractivity contribution is 5.95. The standard InChI is InChI=1S/C16H19NO2/c1-3-11-19-14-8-6-7-13(12-14)17-15(18)16(2)9-4-5-10-16/h1,6-8,12H,4-5,9-11H2,2H3,(H,17,18). The van der Waals surface area contributed by atoms with Crippen LogP contribution >= 0.6 is 0 Å². The zero-order valence-electron chi connectivity index (χ0n) is 11.2. The van der Waals surface area contributed by atoms with Gasteiger partial charge in [-0.15, -0.1) is 6.42 Å². The third-order valence-electron chi connectivity index (χ3n) is 3.67. The van der Waals surface area contributed by atoms with Crippen LogP contribution in [0.1, 0.15) is 32.6 Å². The summed E-state index contributed by atoms with van der Waals surface area (Å²) in [5.74, 6) is 3.19. The fraction of sp³-hybridized carbons (Fsp3) is 0.438. The largest absolute Gasteiger partial charge is 0.481 e. The van der Waals surface area contributed by atoms with Gasteiger partial charge in [0.2, 0.25) is 5.91 Å². The summed E-state index contributed by atoms with van der Waals surface area (Å²) in [5.41, 5.74) is 0.531. The van der Waals surface area contributed by atoms with Crippen molar-refractivity contribution in [3.8, 4) is 18.1 Å². The molecule has 0 radical (unpaired) electrons. The van der Waals surface area contributed by atoms with E-state index >= 15 is 0 Å². The van der Waals surface area contributed by atoms with Gasteiger partial charge in [0.25, 0.3) is 0 Å². The van der Waals surface area contributed by atoms with Crippen LogP contribution in [-0.2, 0) is 4.79 Å². The first kappa shape index (κ1) is 13.5. The van der Waals surface area contributed by atoms with E-state index in [9.17, 15) is 4.79 Å². The fourth-order valence-electron chi connectivity index (χ4n) is 2.45. The Bertz CT molecular complexity index is 496. The molecule has 1 fully saturated rings. The van der Waals surface area contributed by atoms with E-state index in [-0.39, 0.29) is 17.9 Å². The van der Waals surface area contributed by atoms with Crippen molar-refractivity contribution in [1.82, 2.24) is 0 Å². The Balaban J connectivity index is 2.02. The molecular formula is C16H19NO2. The summed E-state index contributed by atoms with van der Waals surface area (Å²) in [4.78, 5) is 12.3. The molecule has 1 aromatic carbocycles. The van der Waals surface area contributed by atoms with Gasteiger partial charge in [0.1, 0.15) is 12.4 Å². The van der Waals surface area contributed by atoms with Gasteiger partial charge in [0, 0.05) is 17.2 Å². The van der Waals surface area contributed by atoms with Gasteiger partial charge in [-0.2, -0.15) is 0 Å². The molecule has 0 saturated heterocycles. The molecule has 0 bridgehead atoms. The number of terminal acetylenes is 1.